The number of benzene rings is 1. The molecule has 1 aromatic rings. The Labute approximate surface area is 141 Å². The molecule has 0 saturated carbocycles. The molecule has 0 aromatic heterocycles. The fraction of sp³-hybridized carbons (Fsp3) is 0.385. The number of aliphatic hydroxyl groups excluding tert-OH is 3. The number of rotatable bonds is 6. The Morgan fingerprint density at radius 2 is 1.59 bits per heavy atom. The zero-order chi connectivity index (χ0) is 17.2. The van der Waals surface area contributed by atoms with E-state index < -0.39 is 33.7 Å². The maximum Gasteiger partial charge on any atom is 0.244 e. The molecular formula is C13H15Cl3O6. The molecule has 22 heavy (non-hydrogen) atoms. The summed E-state index contributed by atoms with van der Waals surface area (Å²) in [6.45, 7) is -1.09. The van der Waals surface area contributed by atoms with E-state index in [1.165, 1.54) is 0 Å². The van der Waals surface area contributed by atoms with Crippen molar-refractivity contribution in [3.8, 4) is 0 Å². The average Bonchev–Trinajstić information content (AvgIpc) is 2.46. The molecule has 0 spiro atoms. The Balaban J connectivity index is 3.23. The highest BCUT2D eigenvalue weighted by Crippen LogP contribution is 2.47. The zero-order valence-electron chi connectivity index (χ0n) is 11.1. The zero-order valence-corrected chi connectivity index (χ0v) is 13.3. The van der Waals surface area contributed by atoms with Crippen molar-refractivity contribution in [2.75, 3.05) is 6.61 Å². The van der Waals surface area contributed by atoms with Crippen LogP contribution in [0.25, 0.3) is 6.08 Å². The minimum absolute atomic E-state index is 0.396. The Kier molecular flexibility index (Phi) is 6.11. The first-order valence-corrected chi connectivity index (χ1v) is 7.10. The molecule has 0 amide bonds. The Morgan fingerprint density at radius 1 is 1.09 bits per heavy atom. The predicted molar refractivity (Wildman–Crippen MR) is 82.5 cm³/mol. The molecule has 0 bridgehead atoms. The van der Waals surface area contributed by atoms with Crippen molar-refractivity contribution in [1.82, 2.24) is 0 Å². The van der Waals surface area contributed by atoms with Crippen molar-refractivity contribution in [3.05, 3.63) is 41.7 Å². The van der Waals surface area contributed by atoms with Gasteiger partial charge in [-0.3, -0.25) is 0 Å². The Bertz CT molecular complexity index is 530. The van der Waals surface area contributed by atoms with Gasteiger partial charge in [-0.05, 0) is 11.6 Å². The second-order valence-corrected chi connectivity index (χ2v) is 6.23. The molecule has 0 unspecified atom stereocenters. The Hall–Kier alpha value is -0.570. The van der Waals surface area contributed by atoms with Crippen LogP contribution in [0.3, 0.4) is 0 Å². The fourth-order valence-electron chi connectivity index (χ4n) is 1.55. The fourth-order valence-corrected chi connectivity index (χ4v) is 2.22. The number of hydrogen-bond acceptors (Lipinski definition) is 6. The first-order valence-electron chi connectivity index (χ1n) is 5.97. The third-order valence-corrected chi connectivity index (χ3v) is 4.71. The molecule has 0 heterocycles. The topological polar surface area (TPSA) is 121 Å². The Morgan fingerprint density at radius 3 is 2.05 bits per heavy atom. The monoisotopic (exact) mass is 372 g/mol. The maximum absolute atomic E-state index is 10.1. The lowest BCUT2D eigenvalue weighted by molar-refractivity contribution is -0.172. The van der Waals surface area contributed by atoms with Crippen LogP contribution in [0.1, 0.15) is 5.56 Å². The van der Waals surface area contributed by atoms with Crippen LogP contribution in [0.2, 0.25) is 0 Å². The SMILES string of the molecule is OC[C@@H](O)[C@](O)(Cl)[C@@](O)(Cl)[C@](O)(Cl)C(O)=Cc1ccccc1. The number of halogens is 3. The largest absolute Gasteiger partial charge is 0.508 e. The van der Waals surface area contributed by atoms with Crippen LogP contribution in [0.15, 0.2) is 36.1 Å². The van der Waals surface area contributed by atoms with Crippen LogP contribution in [-0.4, -0.2) is 58.5 Å². The van der Waals surface area contributed by atoms with Gasteiger partial charge in [-0.1, -0.05) is 65.1 Å². The van der Waals surface area contributed by atoms with Gasteiger partial charge in [0, 0.05) is 0 Å². The van der Waals surface area contributed by atoms with Gasteiger partial charge in [0.05, 0.1) is 6.61 Å². The summed E-state index contributed by atoms with van der Waals surface area (Å²) in [5.74, 6) is -1.04. The number of alkyl halides is 3. The van der Waals surface area contributed by atoms with Crippen molar-refractivity contribution in [2.45, 2.75) is 21.3 Å². The number of hydrogen-bond donors (Lipinski definition) is 6. The van der Waals surface area contributed by atoms with Gasteiger partial charge in [0.2, 0.25) is 15.2 Å². The third kappa shape index (κ3) is 3.50. The molecule has 6 nitrogen and oxygen atoms in total. The van der Waals surface area contributed by atoms with E-state index in [1.54, 1.807) is 30.3 Å². The first kappa shape index (κ1) is 19.5. The van der Waals surface area contributed by atoms with Crippen molar-refractivity contribution in [3.63, 3.8) is 0 Å². The maximum atomic E-state index is 10.1. The van der Waals surface area contributed by atoms with Gasteiger partial charge in [0.1, 0.15) is 11.9 Å². The summed E-state index contributed by atoms with van der Waals surface area (Å²) in [5.41, 5.74) is 0.396. The molecule has 0 radical (unpaired) electrons. The molecule has 1 aromatic carbocycles. The molecule has 0 saturated heterocycles. The first-order chi connectivity index (χ1) is 9.98. The normalized spacial score (nSPS) is 22.3. The smallest absolute Gasteiger partial charge is 0.244 e. The van der Waals surface area contributed by atoms with Crippen LogP contribution in [0.4, 0.5) is 0 Å². The van der Waals surface area contributed by atoms with Gasteiger partial charge >= 0.3 is 0 Å². The molecular weight excluding hydrogens is 358 g/mol. The average molecular weight is 374 g/mol. The highest BCUT2D eigenvalue weighted by molar-refractivity contribution is 6.39. The molecule has 0 aliphatic heterocycles. The van der Waals surface area contributed by atoms with Crippen LogP contribution >= 0.6 is 34.8 Å². The summed E-state index contributed by atoms with van der Waals surface area (Å²) < 4.78 is 0. The molecule has 9 heteroatoms. The molecule has 0 fully saturated rings. The summed E-state index contributed by atoms with van der Waals surface area (Å²) in [4.78, 5) is 0. The lowest BCUT2D eigenvalue weighted by atomic mass is 9.98. The van der Waals surface area contributed by atoms with E-state index in [-0.39, 0.29) is 0 Å². The molecule has 6 N–H and O–H groups in total. The van der Waals surface area contributed by atoms with E-state index in [0.717, 1.165) is 6.08 Å². The van der Waals surface area contributed by atoms with E-state index >= 15 is 0 Å². The van der Waals surface area contributed by atoms with E-state index in [4.69, 9.17) is 39.9 Å². The standard InChI is InChI=1S/C13H15Cl3O6/c14-11(20,9(18)6-8-4-2-1-3-5-8)13(16,22)12(15,21)10(19)7-17/h1-6,10,17-22H,7H2/t10-,11+,12-,13-/m1/s1. The van der Waals surface area contributed by atoms with Gasteiger partial charge < -0.3 is 30.6 Å². The highest BCUT2D eigenvalue weighted by atomic mass is 35.5. The summed E-state index contributed by atoms with van der Waals surface area (Å²) in [7, 11) is 0. The van der Waals surface area contributed by atoms with Gasteiger partial charge in [0.15, 0.2) is 0 Å². The summed E-state index contributed by atoms with van der Waals surface area (Å²) in [5, 5.41) is 48.4. The van der Waals surface area contributed by atoms with E-state index in [1.807, 2.05) is 0 Å². The van der Waals surface area contributed by atoms with Gasteiger partial charge in [-0.2, -0.15) is 0 Å². The summed E-state index contributed by atoms with van der Waals surface area (Å²) in [6, 6.07) is 8.06. The van der Waals surface area contributed by atoms with Gasteiger partial charge in [-0.25, -0.2) is 0 Å². The lowest BCUT2D eigenvalue weighted by Crippen LogP contribution is -2.65. The van der Waals surface area contributed by atoms with Gasteiger partial charge in [-0.15, -0.1) is 0 Å². The lowest BCUT2D eigenvalue weighted by Gasteiger charge is -2.43. The highest BCUT2D eigenvalue weighted by Gasteiger charge is 2.65. The van der Waals surface area contributed by atoms with Crippen molar-refractivity contribution < 1.29 is 30.6 Å². The quantitative estimate of drug-likeness (QED) is 0.323. The molecule has 4 atom stereocenters. The molecule has 0 aliphatic rings. The van der Waals surface area contributed by atoms with Crippen LogP contribution < -0.4 is 0 Å². The van der Waals surface area contributed by atoms with Crippen LogP contribution in [0, 0.1) is 0 Å². The number of aliphatic hydroxyl groups is 6. The van der Waals surface area contributed by atoms with Crippen LogP contribution in [0.5, 0.6) is 0 Å². The van der Waals surface area contributed by atoms with Crippen molar-refractivity contribution in [1.29, 1.82) is 0 Å². The molecule has 0 aliphatic carbocycles. The predicted octanol–water partition coefficient (Wildman–Crippen LogP) is 0.721. The molecule has 1 rings (SSSR count). The van der Waals surface area contributed by atoms with Gasteiger partial charge in [0.25, 0.3) is 0 Å². The van der Waals surface area contributed by atoms with E-state index in [9.17, 15) is 25.5 Å². The van der Waals surface area contributed by atoms with Crippen molar-refractivity contribution in [2.24, 2.45) is 0 Å². The van der Waals surface area contributed by atoms with Crippen molar-refractivity contribution >= 4 is 40.9 Å². The second kappa shape index (κ2) is 6.90. The second-order valence-electron chi connectivity index (χ2n) is 4.56. The van der Waals surface area contributed by atoms with E-state index in [2.05, 4.69) is 0 Å². The third-order valence-electron chi connectivity index (χ3n) is 2.96. The summed E-state index contributed by atoms with van der Waals surface area (Å²) >= 11 is 16.7. The minimum atomic E-state index is -3.35. The summed E-state index contributed by atoms with van der Waals surface area (Å²) in [6.07, 6.45) is -1.19. The van der Waals surface area contributed by atoms with Crippen LogP contribution in [-0.2, 0) is 0 Å². The minimum Gasteiger partial charge on any atom is -0.508 e. The van der Waals surface area contributed by atoms with E-state index in [0.29, 0.717) is 5.56 Å². The molecule has 124 valence electrons.